The van der Waals surface area contributed by atoms with E-state index in [2.05, 4.69) is 23.3 Å². The van der Waals surface area contributed by atoms with Crippen molar-refractivity contribution in [3.63, 3.8) is 0 Å². The quantitative estimate of drug-likeness (QED) is 0.780. The van der Waals surface area contributed by atoms with Crippen LogP contribution in [0.25, 0.3) is 10.9 Å². The number of fused-ring (bicyclic) bond motifs is 1. The van der Waals surface area contributed by atoms with Gasteiger partial charge in [-0.05, 0) is 31.0 Å². The Balaban J connectivity index is 1.94. The fourth-order valence-electron chi connectivity index (χ4n) is 2.39. The molecule has 3 nitrogen and oxygen atoms in total. The predicted octanol–water partition coefficient (Wildman–Crippen LogP) is 4.03. The van der Waals surface area contributed by atoms with Crippen molar-refractivity contribution in [3.05, 3.63) is 42.1 Å². The third kappa shape index (κ3) is 4.28. The molecule has 0 radical (unpaired) electrons. The number of pyridine rings is 1. The van der Waals surface area contributed by atoms with Crippen LogP contribution >= 0.6 is 0 Å². The van der Waals surface area contributed by atoms with Crippen molar-refractivity contribution < 1.29 is 4.79 Å². The summed E-state index contributed by atoms with van der Waals surface area (Å²) in [4.78, 5) is 16.6. The monoisotopic (exact) mass is 284 g/mol. The molecular weight excluding hydrogens is 260 g/mol. The van der Waals surface area contributed by atoms with Gasteiger partial charge in [-0.1, -0.05) is 44.4 Å². The number of para-hydroxylation sites is 1. The van der Waals surface area contributed by atoms with Crippen LogP contribution in [0.3, 0.4) is 0 Å². The van der Waals surface area contributed by atoms with Gasteiger partial charge in [-0.2, -0.15) is 0 Å². The predicted molar refractivity (Wildman–Crippen MR) is 87.3 cm³/mol. The Morgan fingerprint density at radius 3 is 2.86 bits per heavy atom. The van der Waals surface area contributed by atoms with Crippen LogP contribution in [0.2, 0.25) is 0 Å². The summed E-state index contributed by atoms with van der Waals surface area (Å²) in [7, 11) is 0. The van der Waals surface area contributed by atoms with E-state index in [0.29, 0.717) is 0 Å². The molecular formula is C18H24N2O. The van der Waals surface area contributed by atoms with E-state index in [-0.39, 0.29) is 11.8 Å². The first-order valence-electron chi connectivity index (χ1n) is 7.84. The van der Waals surface area contributed by atoms with Crippen molar-refractivity contribution in [2.75, 3.05) is 6.54 Å². The molecule has 0 fully saturated rings. The Labute approximate surface area is 126 Å². The van der Waals surface area contributed by atoms with Crippen LogP contribution in [-0.4, -0.2) is 17.4 Å². The molecule has 0 saturated heterocycles. The zero-order valence-electron chi connectivity index (χ0n) is 12.9. The lowest BCUT2D eigenvalue weighted by Crippen LogP contribution is -2.28. The molecule has 0 aliphatic carbocycles. The summed E-state index contributed by atoms with van der Waals surface area (Å²) in [5.74, 6) is -0.0724. The lowest BCUT2D eigenvalue weighted by Gasteiger charge is -2.13. The number of rotatable bonds is 7. The molecule has 0 bridgehead atoms. The molecule has 1 heterocycles. The van der Waals surface area contributed by atoms with Gasteiger partial charge in [-0.25, -0.2) is 0 Å². The Morgan fingerprint density at radius 2 is 2.05 bits per heavy atom. The number of unbranched alkanes of at least 4 members (excludes halogenated alkanes) is 3. The number of benzene rings is 1. The van der Waals surface area contributed by atoms with Gasteiger partial charge in [0.1, 0.15) is 0 Å². The largest absolute Gasteiger partial charge is 0.356 e. The number of amides is 1. The molecule has 1 amide bonds. The number of hydrogen-bond donors (Lipinski definition) is 1. The molecule has 1 atom stereocenters. The van der Waals surface area contributed by atoms with Crippen molar-refractivity contribution in [1.82, 2.24) is 10.3 Å². The first kappa shape index (κ1) is 15.5. The van der Waals surface area contributed by atoms with E-state index < -0.39 is 0 Å². The van der Waals surface area contributed by atoms with Gasteiger partial charge in [0.25, 0.3) is 0 Å². The summed E-state index contributed by atoms with van der Waals surface area (Å²) in [6.45, 7) is 4.89. The maximum absolute atomic E-state index is 12.2. The van der Waals surface area contributed by atoms with Gasteiger partial charge in [0.05, 0.1) is 11.4 Å². The first-order chi connectivity index (χ1) is 10.2. The third-order valence-corrected chi connectivity index (χ3v) is 3.83. The first-order valence-corrected chi connectivity index (χ1v) is 7.84. The highest BCUT2D eigenvalue weighted by Gasteiger charge is 2.15. The maximum atomic E-state index is 12.2. The topological polar surface area (TPSA) is 42.0 Å². The van der Waals surface area contributed by atoms with Crippen molar-refractivity contribution >= 4 is 16.8 Å². The summed E-state index contributed by atoms with van der Waals surface area (Å²) in [5.41, 5.74) is 1.94. The van der Waals surface area contributed by atoms with E-state index in [0.717, 1.165) is 29.4 Å². The highest BCUT2D eigenvalue weighted by Crippen LogP contribution is 2.19. The van der Waals surface area contributed by atoms with Crippen molar-refractivity contribution in [2.24, 2.45) is 0 Å². The van der Waals surface area contributed by atoms with Crippen LogP contribution in [0.5, 0.6) is 0 Å². The molecule has 3 heteroatoms. The minimum atomic E-state index is -0.159. The molecule has 0 saturated carbocycles. The van der Waals surface area contributed by atoms with Crippen LogP contribution in [-0.2, 0) is 4.79 Å². The van der Waals surface area contributed by atoms with E-state index in [9.17, 15) is 4.79 Å². The summed E-state index contributed by atoms with van der Waals surface area (Å²) in [5, 5.41) is 4.10. The minimum Gasteiger partial charge on any atom is -0.356 e. The van der Waals surface area contributed by atoms with Crippen molar-refractivity contribution in [2.45, 2.75) is 45.4 Å². The molecule has 1 N–H and O–H groups in total. The number of nitrogens with one attached hydrogen (secondary N) is 1. The Bertz CT molecular complexity index is 595. The molecule has 2 aromatic rings. The van der Waals surface area contributed by atoms with Crippen LogP contribution in [0, 0.1) is 0 Å². The summed E-state index contributed by atoms with van der Waals surface area (Å²) >= 11 is 0. The summed E-state index contributed by atoms with van der Waals surface area (Å²) < 4.78 is 0. The third-order valence-electron chi connectivity index (χ3n) is 3.83. The molecule has 1 aromatic carbocycles. The smallest absolute Gasteiger partial charge is 0.227 e. The number of nitrogens with zero attached hydrogens (tertiary/aromatic N) is 1. The number of aromatic nitrogens is 1. The van der Waals surface area contributed by atoms with E-state index in [1.54, 1.807) is 0 Å². The van der Waals surface area contributed by atoms with Crippen LogP contribution in [0.15, 0.2) is 36.5 Å². The maximum Gasteiger partial charge on any atom is 0.227 e. The molecule has 0 spiro atoms. The molecule has 112 valence electrons. The fourth-order valence-corrected chi connectivity index (χ4v) is 2.39. The number of carbonyl (C=O) groups excluding carboxylic acids is 1. The normalized spacial score (nSPS) is 12.3. The fraction of sp³-hybridized carbons (Fsp3) is 0.444. The van der Waals surface area contributed by atoms with Gasteiger partial charge < -0.3 is 5.32 Å². The second-order valence-corrected chi connectivity index (χ2v) is 5.53. The Morgan fingerprint density at radius 1 is 1.24 bits per heavy atom. The molecule has 1 aromatic heterocycles. The minimum absolute atomic E-state index is 0.0866. The summed E-state index contributed by atoms with van der Waals surface area (Å²) in [6.07, 6.45) is 6.50. The van der Waals surface area contributed by atoms with E-state index in [4.69, 9.17) is 0 Å². The molecule has 1 unspecified atom stereocenters. The van der Waals surface area contributed by atoms with Crippen LogP contribution < -0.4 is 5.32 Å². The van der Waals surface area contributed by atoms with Crippen molar-refractivity contribution in [1.29, 1.82) is 0 Å². The van der Waals surface area contributed by atoms with E-state index in [1.807, 2.05) is 37.4 Å². The van der Waals surface area contributed by atoms with Gasteiger partial charge in [0.15, 0.2) is 0 Å². The van der Waals surface area contributed by atoms with Gasteiger partial charge in [0.2, 0.25) is 5.91 Å². The SMILES string of the molecule is CCCCCCNC(=O)C(C)c1cnc2ccccc2c1. The van der Waals surface area contributed by atoms with Gasteiger partial charge in [0, 0.05) is 18.1 Å². The Hall–Kier alpha value is -1.90. The standard InChI is InChI=1S/C18H24N2O/c1-3-4-5-8-11-19-18(21)14(2)16-12-15-9-6-7-10-17(15)20-13-16/h6-7,9-10,12-14H,3-5,8,11H2,1-2H3,(H,19,21). The highest BCUT2D eigenvalue weighted by molar-refractivity contribution is 5.85. The van der Waals surface area contributed by atoms with Gasteiger partial charge in [-0.15, -0.1) is 0 Å². The lowest BCUT2D eigenvalue weighted by molar-refractivity contribution is -0.122. The van der Waals surface area contributed by atoms with E-state index in [1.165, 1.54) is 19.3 Å². The zero-order valence-corrected chi connectivity index (χ0v) is 12.9. The lowest BCUT2D eigenvalue weighted by atomic mass is 10.0. The average Bonchev–Trinajstić information content (AvgIpc) is 2.53. The molecule has 21 heavy (non-hydrogen) atoms. The molecule has 2 rings (SSSR count). The van der Waals surface area contributed by atoms with Gasteiger partial charge >= 0.3 is 0 Å². The van der Waals surface area contributed by atoms with Gasteiger partial charge in [-0.3, -0.25) is 9.78 Å². The zero-order chi connectivity index (χ0) is 15.1. The second-order valence-electron chi connectivity index (χ2n) is 5.53. The van der Waals surface area contributed by atoms with Crippen LogP contribution in [0.4, 0.5) is 0 Å². The molecule has 0 aliphatic heterocycles. The average molecular weight is 284 g/mol. The number of hydrogen-bond acceptors (Lipinski definition) is 2. The summed E-state index contributed by atoms with van der Waals surface area (Å²) in [6, 6.07) is 10.0. The van der Waals surface area contributed by atoms with Crippen LogP contribution in [0.1, 0.15) is 51.0 Å². The van der Waals surface area contributed by atoms with E-state index >= 15 is 0 Å². The number of carbonyl (C=O) groups is 1. The second kappa shape index (κ2) is 7.77. The highest BCUT2D eigenvalue weighted by atomic mass is 16.1. The van der Waals surface area contributed by atoms with Crippen molar-refractivity contribution in [3.8, 4) is 0 Å². The Kier molecular flexibility index (Phi) is 5.73. The molecule has 0 aliphatic rings.